The number of nitrogens with one attached hydrogen (secondary N) is 2. The fourth-order valence-electron chi connectivity index (χ4n) is 2.78. The first-order chi connectivity index (χ1) is 12.7. The molecule has 1 atom stereocenters. The molecule has 0 aliphatic carbocycles. The van der Waals surface area contributed by atoms with Gasteiger partial charge in [0.05, 0.1) is 17.6 Å². The lowest BCUT2D eigenvalue weighted by Gasteiger charge is -2.16. The van der Waals surface area contributed by atoms with Crippen molar-refractivity contribution in [1.82, 2.24) is 15.3 Å². The predicted octanol–water partition coefficient (Wildman–Crippen LogP) is 2.86. The second kappa shape index (κ2) is 7.15. The van der Waals surface area contributed by atoms with Gasteiger partial charge in [0.25, 0.3) is 5.91 Å². The standard InChI is InChI=1S/C19H16N4O2S/c24-11-15(12-5-2-1-3-6-12)22-19-23-18(25)16(26-19)9-13-10-21-17-14(13)7-4-8-20-17/h1-10,15,24H,11H2,(H,20,21)(H,22,23,25)/b16-9-/t15-/m0/s1. The van der Waals surface area contributed by atoms with Gasteiger partial charge < -0.3 is 15.4 Å². The van der Waals surface area contributed by atoms with Crippen LogP contribution in [-0.4, -0.2) is 32.8 Å². The largest absolute Gasteiger partial charge is 0.394 e. The van der Waals surface area contributed by atoms with E-state index in [4.69, 9.17) is 0 Å². The van der Waals surface area contributed by atoms with E-state index in [0.29, 0.717) is 10.1 Å². The Morgan fingerprint density at radius 2 is 2.08 bits per heavy atom. The number of hydrogen-bond donors (Lipinski definition) is 3. The molecule has 130 valence electrons. The van der Waals surface area contributed by atoms with Crippen molar-refractivity contribution in [1.29, 1.82) is 0 Å². The molecule has 0 radical (unpaired) electrons. The summed E-state index contributed by atoms with van der Waals surface area (Å²) in [5.41, 5.74) is 2.60. The number of aliphatic imine (C=N–C) groups is 1. The first kappa shape index (κ1) is 16.6. The number of aromatic amines is 1. The van der Waals surface area contributed by atoms with Crippen LogP contribution >= 0.6 is 11.8 Å². The smallest absolute Gasteiger partial charge is 0.286 e. The van der Waals surface area contributed by atoms with Crippen LogP contribution in [0.3, 0.4) is 0 Å². The van der Waals surface area contributed by atoms with Gasteiger partial charge in [-0.1, -0.05) is 30.3 Å². The Labute approximate surface area is 154 Å². The Balaban J connectivity index is 1.53. The molecule has 7 heteroatoms. The molecule has 4 rings (SSSR count). The van der Waals surface area contributed by atoms with E-state index in [1.807, 2.05) is 54.7 Å². The van der Waals surface area contributed by atoms with Crippen molar-refractivity contribution in [3.05, 3.63) is 70.9 Å². The Morgan fingerprint density at radius 3 is 2.88 bits per heavy atom. The minimum absolute atomic E-state index is 0.0923. The highest BCUT2D eigenvalue weighted by atomic mass is 32.2. The van der Waals surface area contributed by atoms with Gasteiger partial charge in [-0.05, 0) is 35.5 Å². The molecule has 3 N–H and O–H groups in total. The summed E-state index contributed by atoms with van der Waals surface area (Å²) in [6.45, 7) is -0.0923. The van der Waals surface area contributed by atoms with E-state index in [1.165, 1.54) is 11.8 Å². The third-order valence-electron chi connectivity index (χ3n) is 4.07. The number of aliphatic hydroxyl groups excluding tert-OH is 1. The second-order valence-corrected chi connectivity index (χ2v) is 6.80. The summed E-state index contributed by atoms with van der Waals surface area (Å²) in [5, 5.41) is 14.2. The summed E-state index contributed by atoms with van der Waals surface area (Å²) in [4.78, 5) is 24.2. The van der Waals surface area contributed by atoms with Crippen LogP contribution in [0.5, 0.6) is 0 Å². The summed E-state index contributed by atoms with van der Waals surface area (Å²) in [6, 6.07) is 13.1. The van der Waals surface area contributed by atoms with Crippen molar-refractivity contribution in [3.63, 3.8) is 0 Å². The van der Waals surface area contributed by atoms with Crippen LogP contribution in [0, 0.1) is 0 Å². The molecule has 0 bridgehead atoms. The third kappa shape index (κ3) is 3.26. The normalized spacial score (nSPS) is 16.9. The SMILES string of the molecule is O=C1N=C(N[C@@H](CO)c2ccccc2)S/C1=C\c1c[nH]c2ncccc12. The molecule has 2 aromatic heterocycles. The monoisotopic (exact) mass is 364 g/mol. The molecule has 0 unspecified atom stereocenters. The first-order valence-electron chi connectivity index (χ1n) is 8.11. The Morgan fingerprint density at radius 1 is 1.23 bits per heavy atom. The van der Waals surface area contributed by atoms with Crippen molar-refractivity contribution in [2.24, 2.45) is 4.99 Å². The molecular weight excluding hydrogens is 348 g/mol. The van der Waals surface area contributed by atoms with Gasteiger partial charge >= 0.3 is 0 Å². The summed E-state index contributed by atoms with van der Waals surface area (Å²) in [5.74, 6) is -0.291. The number of amidine groups is 1. The lowest BCUT2D eigenvalue weighted by atomic mass is 10.1. The van der Waals surface area contributed by atoms with Gasteiger partial charge in [-0.3, -0.25) is 4.79 Å². The van der Waals surface area contributed by atoms with E-state index >= 15 is 0 Å². The van der Waals surface area contributed by atoms with Crippen molar-refractivity contribution in [2.75, 3.05) is 6.61 Å². The van der Waals surface area contributed by atoms with Gasteiger partial charge in [0.2, 0.25) is 0 Å². The molecule has 1 amide bonds. The lowest BCUT2D eigenvalue weighted by Crippen LogP contribution is -2.27. The number of H-pyrrole nitrogens is 1. The van der Waals surface area contributed by atoms with Crippen LogP contribution in [0.25, 0.3) is 17.1 Å². The molecule has 0 saturated carbocycles. The summed E-state index contributed by atoms with van der Waals surface area (Å²) in [7, 11) is 0. The highest BCUT2D eigenvalue weighted by Crippen LogP contribution is 2.30. The molecule has 26 heavy (non-hydrogen) atoms. The molecular formula is C19H16N4O2S. The maximum Gasteiger partial charge on any atom is 0.286 e. The fraction of sp³-hybridized carbons (Fsp3) is 0.105. The number of aromatic nitrogens is 2. The zero-order chi connectivity index (χ0) is 17.9. The van der Waals surface area contributed by atoms with Gasteiger partial charge in [0, 0.05) is 23.3 Å². The zero-order valence-corrected chi connectivity index (χ0v) is 14.5. The average Bonchev–Trinajstić information content (AvgIpc) is 3.24. The molecule has 0 spiro atoms. The minimum Gasteiger partial charge on any atom is -0.394 e. The number of carbonyl (C=O) groups is 1. The molecule has 1 aliphatic heterocycles. The number of carbonyl (C=O) groups excluding carboxylic acids is 1. The number of fused-ring (bicyclic) bond motifs is 1. The lowest BCUT2D eigenvalue weighted by molar-refractivity contribution is -0.113. The second-order valence-electron chi connectivity index (χ2n) is 5.77. The van der Waals surface area contributed by atoms with E-state index in [0.717, 1.165) is 22.2 Å². The molecule has 1 aromatic carbocycles. The van der Waals surface area contributed by atoms with Crippen LogP contribution in [0.1, 0.15) is 17.2 Å². The van der Waals surface area contributed by atoms with Gasteiger partial charge in [-0.25, -0.2) is 4.98 Å². The van der Waals surface area contributed by atoms with Crippen LogP contribution in [0.2, 0.25) is 0 Å². The van der Waals surface area contributed by atoms with E-state index in [1.54, 1.807) is 6.20 Å². The average molecular weight is 364 g/mol. The van der Waals surface area contributed by atoms with Gasteiger partial charge in [-0.2, -0.15) is 4.99 Å². The van der Waals surface area contributed by atoms with Crippen LogP contribution < -0.4 is 5.32 Å². The van der Waals surface area contributed by atoms with Gasteiger partial charge in [-0.15, -0.1) is 0 Å². The number of rotatable bonds is 4. The number of hydrogen-bond acceptors (Lipinski definition) is 5. The number of nitrogens with zero attached hydrogens (tertiary/aromatic N) is 2. The fourth-order valence-corrected chi connectivity index (χ4v) is 3.63. The van der Waals surface area contributed by atoms with E-state index < -0.39 is 0 Å². The summed E-state index contributed by atoms with van der Waals surface area (Å²) < 4.78 is 0. The maximum atomic E-state index is 12.2. The quantitative estimate of drug-likeness (QED) is 0.619. The third-order valence-corrected chi connectivity index (χ3v) is 4.99. The predicted molar refractivity (Wildman–Crippen MR) is 104 cm³/mol. The molecule has 1 aliphatic rings. The number of benzene rings is 1. The number of amides is 1. The van der Waals surface area contributed by atoms with Crippen molar-refractivity contribution in [3.8, 4) is 0 Å². The van der Waals surface area contributed by atoms with Gasteiger partial charge in [0.15, 0.2) is 5.17 Å². The minimum atomic E-state index is -0.313. The highest BCUT2D eigenvalue weighted by molar-refractivity contribution is 8.18. The molecule has 3 aromatic rings. The maximum absolute atomic E-state index is 12.2. The van der Waals surface area contributed by atoms with E-state index in [2.05, 4.69) is 20.3 Å². The number of aliphatic hydroxyl groups is 1. The zero-order valence-electron chi connectivity index (χ0n) is 13.7. The topological polar surface area (TPSA) is 90.4 Å². The number of pyridine rings is 1. The summed E-state index contributed by atoms with van der Waals surface area (Å²) >= 11 is 1.27. The Bertz CT molecular complexity index is 1010. The molecule has 0 saturated heterocycles. The van der Waals surface area contributed by atoms with Crippen LogP contribution in [0.4, 0.5) is 0 Å². The van der Waals surface area contributed by atoms with Crippen LogP contribution in [-0.2, 0) is 4.79 Å². The van der Waals surface area contributed by atoms with Crippen LogP contribution in [0.15, 0.2) is 64.8 Å². The Kier molecular flexibility index (Phi) is 4.55. The van der Waals surface area contributed by atoms with Crippen molar-refractivity contribution >= 4 is 39.9 Å². The molecule has 0 fully saturated rings. The van der Waals surface area contributed by atoms with Gasteiger partial charge in [0.1, 0.15) is 5.65 Å². The molecule has 3 heterocycles. The van der Waals surface area contributed by atoms with Crippen molar-refractivity contribution < 1.29 is 9.90 Å². The first-order valence-corrected chi connectivity index (χ1v) is 8.93. The summed E-state index contributed by atoms with van der Waals surface area (Å²) in [6.07, 6.45) is 5.35. The van der Waals surface area contributed by atoms with Crippen molar-refractivity contribution in [2.45, 2.75) is 6.04 Å². The number of thioether (sulfide) groups is 1. The highest BCUT2D eigenvalue weighted by Gasteiger charge is 2.24. The van der Waals surface area contributed by atoms with E-state index in [-0.39, 0.29) is 18.6 Å². The Hall–Kier alpha value is -2.90. The van der Waals surface area contributed by atoms with E-state index in [9.17, 15) is 9.90 Å². The molecule has 6 nitrogen and oxygen atoms in total.